The van der Waals surface area contributed by atoms with Crippen LogP contribution in [-0.4, -0.2) is 42.6 Å². The molecule has 0 radical (unpaired) electrons. The van der Waals surface area contributed by atoms with Crippen molar-refractivity contribution in [2.45, 2.75) is 50.3 Å². The Morgan fingerprint density at radius 1 is 1.35 bits per heavy atom. The van der Waals surface area contributed by atoms with Crippen molar-refractivity contribution in [2.75, 3.05) is 13.1 Å². The summed E-state index contributed by atoms with van der Waals surface area (Å²) in [7, 11) is -3.48. The van der Waals surface area contributed by atoms with Crippen LogP contribution < -0.4 is 0 Å². The molecule has 1 aromatic rings. The summed E-state index contributed by atoms with van der Waals surface area (Å²) in [6, 6.07) is 1.66. The van der Waals surface area contributed by atoms with Gasteiger partial charge in [-0.05, 0) is 26.8 Å². The Morgan fingerprint density at radius 3 is 2.40 bits per heavy atom. The smallest absolute Gasteiger partial charge is 0.244 e. The molecule has 20 heavy (non-hydrogen) atoms. The van der Waals surface area contributed by atoms with Crippen molar-refractivity contribution in [2.24, 2.45) is 0 Å². The summed E-state index contributed by atoms with van der Waals surface area (Å²) in [6.07, 6.45) is 1.49. The molecule has 0 bridgehead atoms. The van der Waals surface area contributed by atoms with E-state index in [2.05, 4.69) is 0 Å². The van der Waals surface area contributed by atoms with Gasteiger partial charge in [0.1, 0.15) is 4.90 Å². The van der Waals surface area contributed by atoms with Crippen LogP contribution in [0.25, 0.3) is 0 Å². The van der Waals surface area contributed by atoms with Gasteiger partial charge in [-0.1, -0.05) is 0 Å². The van der Waals surface area contributed by atoms with E-state index in [1.54, 1.807) is 12.3 Å². The van der Waals surface area contributed by atoms with Gasteiger partial charge in [0.05, 0.1) is 18.1 Å². The zero-order valence-electron chi connectivity index (χ0n) is 12.0. The Labute approximate surface area is 125 Å². The molecule has 0 N–H and O–H groups in total. The summed E-state index contributed by atoms with van der Waals surface area (Å²) in [5.74, 6) is 0.305. The van der Waals surface area contributed by atoms with Crippen molar-refractivity contribution in [1.29, 1.82) is 0 Å². The maximum Gasteiger partial charge on any atom is 0.244 e. The van der Waals surface area contributed by atoms with Crippen LogP contribution >= 0.6 is 11.6 Å². The lowest BCUT2D eigenvalue weighted by molar-refractivity contribution is -0.0440. The van der Waals surface area contributed by atoms with Gasteiger partial charge in [0.15, 0.2) is 0 Å². The molecule has 1 aliphatic rings. The monoisotopic (exact) mass is 320 g/mol. The fraction of sp³-hybridized carbons (Fsp3) is 0.692. The van der Waals surface area contributed by atoms with Crippen molar-refractivity contribution < 1.29 is 13.2 Å². The highest BCUT2D eigenvalue weighted by Crippen LogP contribution is 2.23. The van der Waals surface area contributed by atoms with Gasteiger partial charge in [-0.3, -0.25) is 0 Å². The van der Waals surface area contributed by atoms with E-state index in [9.17, 15) is 8.42 Å². The third kappa shape index (κ3) is 3.03. The number of alkyl halides is 1. The lowest BCUT2D eigenvalue weighted by Crippen LogP contribution is -2.48. The van der Waals surface area contributed by atoms with Gasteiger partial charge in [0.25, 0.3) is 0 Å². The third-order valence-electron chi connectivity index (χ3n) is 3.46. The van der Waals surface area contributed by atoms with Gasteiger partial charge in [0.2, 0.25) is 10.0 Å². The largest absolute Gasteiger partial charge is 0.373 e. The van der Waals surface area contributed by atoms with Crippen LogP contribution in [0.2, 0.25) is 0 Å². The Balaban J connectivity index is 2.32. The Morgan fingerprint density at radius 2 is 1.95 bits per heavy atom. The van der Waals surface area contributed by atoms with Crippen LogP contribution in [0.4, 0.5) is 0 Å². The molecule has 1 saturated heterocycles. The zero-order chi connectivity index (χ0) is 14.9. The van der Waals surface area contributed by atoms with Crippen molar-refractivity contribution >= 4 is 21.6 Å². The van der Waals surface area contributed by atoms with Crippen molar-refractivity contribution in [1.82, 2.24) is 8.87 Å². The van der Waals surface area contributed by atoms with Gasteiger partial charge in [0, 0.05) is 31.5 Å². The molecular formula is C13H21ClN2O3S. The second-order valence-corrected chi connectivity index (χ2v) is 7.37. The SMILES string of the molecule is CCn1cc(S(=O)(=O)N2CC(C)OC(C)C2)cc1CCl. The van der Waals surface area contributed by atoms with Crippen LogP contribution in [0.15, 0.2) is 17.2 Å². The van der Waals surface area contributed by atoms with E-state index >= 15 is 0 Å². The summed E-state index contributed by atoms with van der Waals surface area (Å²) in [5, 5.41) is 0. The summed E-state index contributed by atoms with van der Waals surface area (Å²) in [6.45, 7) is 7.22. The number of rotatable bonds is 4. The van der Waals surface area contributed by atoms with E-state index in [4.69, 9.17) is 16.3 Å². The summed E-state index contributed by atoms with van der Waals surface area (Å²) in [4.78, 5) is 0.316. The predicted molar refractivity (Wildman–Crippen MR) is 78.4 cm³/mol. The lowest BCUT2D eigenvalue weighted by atomic mass is 10.3. The van der Waals surface area contributed by atoms with E-state index in [1.807, 2.05) is 25.3 Å². The molecule has 2 heterocycles. The number of aromatic nitrogens is 1. The fourth-order valence-electron chi connectivity index (χ4n) is 2.55. The van der Waals surface area contributed by atoms with E-state index in [0.717, 1.165) is 5.69 Å². The lowest BCUT2D eigenvalue weighted by Gasteiger charge is -2.34. The Kier molecular flexibility index (Phi) is 4.79. The number of nitrogens with zero attached hydrogens (tertiary/aromatic N) is 2. The highest BCUT2D eigenvalue weighted by Gasteiger charge is 2.33. The minimum atomic E-state index is -3.48. The number of aryl methyl sites for hydroxylation is 1. The number of morpholine rings is 1. The number of halogens is 1. The number of sulfonamides is 1. The molecular weight excluding hydrogens is 300 g/mol. The standard InChI is InChI=1S/C13H21ClN2O3S/c1-4-15-9-13(5-12(15)6-14)20(17,18)16-7-10(2)19-11(3)8-16/h5,9-11H,4,6-8H2,1-3H3. The normalized spacial score (nSPS) is 25.0. The molecule has 1 fully saturated rings. The maximum atomic E-state index is 12.7. The van der Waals surface area contributed by atoms with E-state index in [0.29, 0.717) is 30.4 Å². The fourth-order valence-corrected chi connectivity index (χ4v) is 4.43. The minimum absolute atomic E-state index is 0.0886. The predicted octanol–water partition coefficient (Wildman–Crippen LogP) is 2.04. The van der Waals surface area contributed by atoms with Gasteiger partial charge >= 0.3 is 0 Å². The van der Waals surface area contributed by atoms with Crippen LogP contribution in [0.1, 0.15) is 26.5 Å². The Hall–Kier alpha value is -0.560. The van der Waals surface area contributed by atoms with E-state index in [-0.39, 0.29) is 12.2 Å². The summed E-state index contributed by atoms with van der Waals surface area (Å²) >= 11 is 5.86. The molecule has 2 atom stereocenters. The topological polar surface area (TPSA) is 51.5 Å². The van der Waals surface area contributed by atoms with Gasteiger partial charge < -0.3 is 9.30 Å². The molecule has 1 aromatic heterocycles. The first kappa shape index (κ1) is 15.8. The van der Waals surface area contributed by atoms with Crippen molar-refractivity contribution in [3.8, 4) is 0 Å². The van der Waals surface area contributed by atoms with Crippen LogP contribution in [0.5, 0.6) is 0 Å². The van der Waals surface area contributed by atoms with Gasteiger partial charge in [-0.15, -0.1) is 11.6 Å². The molecule has 5 nitrogen and oxygen atoms in total. The average molecular weight is 321 g/mol. The van der Waals surface area contributed by atoms with E-state index in [1.165, 1.54) is 4.31 Å². The molecule has 0 spiro atoms. The van der Waals surface area contributed by atoms with Gasteiger partial charge in [-0.2, -0.15) is 4.31 Å². The Bertz CT molecular complexity index is 539. The number of ether oxygens (including phenoxy) is 1. The third-order valence-corrected chi connectivity index (χ3v) is 5.53. The molecule has 2 rings (SSSR count). The molecule has 0 amide bonds. The maximum absolute atomic E-state index is 12.7. The van der Waals surface area contributed by atoms with Gasteiger partial charge in [-0.25, -0.2) is 8.42 Å². The number of hydrogen-bond acceptors (Lipinski definition) is 3. The molecule has 0 saturated carbocycles. The first-order valence-electron chi connectivity index (χ1n) is 6.79. The minimum Gasteiger partial charge on any atom is -0.373 e. The highest BCUT2D eigenvalue weighted by atomic mass is 35.5. The van der Waals surface area contributed by atoms with Crippen LogP contribution in [0.3, 0.4) is 0 Å². The highest BCUT2D eigenvalue weighted by molar-refractivity contribution is 7.89. The second kappa shape index (κ2) is 6.05. The summed E-state index contributed by atoms with van der Waals surface area (Å²) < 4.78 is 34.3. The number of hydrogen-bond donors (Lipinski definition) is 0. The van der Waals surface area contributed by atoms with Crippen molar-refractivity contribution in [3.63, 3.8) is 0 Å². The average Bonchev–Trinajstić information content (AvgIpc) is 2.81. The molecule has 0 aromatic carbocycles. The van der Waals surface area contributed by atoms with Crippen molar-refractivity contribution in [3.05, 3.63) is 18.0 Å². The molecule has 7 heteroatoms. The van der Waals surface area contributed by atoms with Crippen LogP contribution in [0, 0.1) is 0 Å². The summed E-state index contributed by atoms with van der Waals surface area (Å²) in [5.41, 5.74) is 0.821. The first-order chi connectivity index (χ1) is 9.38. The zero-order valence-corrected chi connectivity index (χ0v) is 13.6. The quantitative estimate of drug-likeness (QED) is 0.798. The molecule has 114 valence electrons. The van der Waals surface area contributed by atoms with E-state index < -0.39 is 10.0 Å². The first-order valence-corrected chi connectivity index (χ1v) is 8.76. The molecule has 2 unspecified atom stereocenters. The second-order valence-electron chi connectivity index (χ2n) is 5.17. The molecule has 1 aliphatic heterocycles. The molecule has 0 aliphatic carbocycles. The van der Waals surface area contributed by atoms with Crippen LogP contribution in [-0.2, 0) is 27.2 Å².